The first kappa shape index (κ1) is 9.28. The lowest BCUT2D eigenvalue weighted by atomic mass is 10.1. The van der Waals surface area contributed by atoms with Crippen molar-refractivity contribution in [2.24, 2.45) is 7.05 Å². The molecule has 0 amide bonds. The number of benzene rings is 1. The minimum Gasteiger partial charge on any atom is -0.350 e. The van der Waals surface area contributed by atoms with Gasteiger partial charge in [-0.15, -0.1) is 0 Å². The second-order valence-electron chi connectivity index (χ2n) is 3.64. The lowest BCUT2D eigenvalue weighted by Gasteiger charge is -2.05. The number of para-hydroxylation sites is 1. The molecular formula is C12H16N2. The zero-order valence-corrected chi connectivity index (χ0v) is 8.75. The Hall–Kier alpha value is -1.28. The predicted molar refractivity (Wildman–Crippen MR) is 60.5 cm³/mol. The summed E-state index contributed by atoms with van der Waals surface area (Å²) in [5, 5.41) is 4.52. The summed E-state index contributed by atoms with van der Waals surface area (Å²) in [4.78, 5) is 0. The van der Waals surface area contributed by atoms with E-state index < -0.39 is 0 Å². The van der Waals surface area contributed by atoms with Gasteiger partial charge in [0.1, 0.15) is 0 Å². The number of likely N-dealkylation sites (N-methyl/N-ethyl adjacent to an activating group) is 1. The minimum atomic E-state index is 1.03. The standard InChI is InChI=1S/C12H16N2/c1-13-8-6-10-4-3-5-11-7-9-14(2)12(10)11/h3-5,7,9,13H,6,8H2,1-2H3. The van der Waals surface area contributed by atoms with E-state index in [1.807, 2.05) is 7.05 Å². The summed E-state index contributed by atoms with van der Waals surface area (Å²) in [6.45, 7) is 1.03. The third-order valence-electron chi connectivity index (χ3n) is 2.63. The molecule has 2 heteroatoms. The molecule has 0 bridgehead atoms. The number of fused-ring (bicyclic) bond motifs is 1. The molecule has 0 aliphatic rings. The molecule has 1 heterocycles. The van der Waals surface area contributed by atoms with Crippen LogP contribution < -0.4 is 5.32 Å². The predicted octanol–water partition coefficient (Wildman–Crippen LogP) is 1.94. The Kier molecular flexibility index (Phi) is 2.55. The van der Waals surface area contributed by atoms with Crippen molar-refractivity contribution < 1.29 is 0 Å². The van der Waals surface area contributed by atoms with Crippen LogP contribution in [-0.4, -0.2) is 18.2 Å². The second kappa shape index (κ2) is 3.84. The van der Waals surface area contributed by atoms with Crippen LogP contribution in [0.4, 0.5) is 0 Å². The first-order valence-electron chi connectivity index (χ1n) is 5.00. The molecular weight excluding hydrogens is 172 g/mol. The number of hydrogen-bond donors (Lipinski definition) is 1. The molecule has 0 radical (unpaired) electrons. The van der Waals surface area contributed by atoms with Crippen molar-refractivity contribution in [3.8, 4) is 0 Å². The SMILES string of the molecule is CNCCc1cccc2ccn(C)c12. The molecule has 74 valence electrons. The molecule has 0 aliphatic carbocycles. The van der Waals surface area contributed by atoms with Gasteiger partial charge in [-0.3, -0.25) is 0 Å². The molecule has 1 aromatic heterocycles. The van der Waals surface area contributed by atoms with Crippen molar-refractivity contribution in [3.63, 3.8) is 0 Å². The molecule has 2 aromatic rings. The summed E-state index contributed by atoms with van der Waals surface area (Å²) in [6, 6.07) is 8.67. The van der Waals surface area contributed by atoms with Gasteiger partial charge in [0, 0.05) is 13.2 Å². The molecule has 2 nitrogen and oxygen atoms in total. The number of aryl methyl sites for hydroxylation is 1. The van der Waals surface area contributed by atoms with Crippen LogP contribution in [0, 0.1) is 0 Å². The highest BCUT2D eigenvalue weighted by Crippen LogP contribution is 2.19. The van der Waals surface area contributed by atoms with Crippen LogP contribution in [-0.2, 0) is 13.5 Å². The molecule has 0 saturated heterocycles. The Morgan fingerprint density at radius 2 is 2.14 bits per heavy atom. The summed E-state index contributed by atoms with van der Waals surface area (Å²) < 4.78 is 2.19. The van der Waals surface area contributed by atoms with Gasteiger partial charge in [-0.25, -0.2) is 0 Å². The maximum absolute atomic E-state index is 3.18. The van der Waals surface area contributed by atoms with Crippen LogP contribution in [0.2, 0.25) is 0 Å². The zero-order valence-electron chi connectivity index (χ0n) is 8.75. The highest BCUT2D eigenvalue weighted by Gasteiger charge is 2.02. The number of nitrogens with one attached hydrogen (secondary N) is 1. The topological polar surface area (TPSA) is 17.0 Å². The van der Waals surface area contributed by atoms with Crippen LogP contribution >= 0.6 is 0 Å². The molecule has 0 saturated carbocycles. The van der Waals surface area contributed by atoms with E-state index in [1.54, 1.807) is 0 Å². The van der Waals surface area contributed by atoms with Crippen molar-refractivity contribution in [3.05, 3.63) is 36.0 Å². The Labute approximate surface area is 84.5 Å². The molecule has 0 atom stereocenters. The number of aromatic nitrogens is 1. The first-order valence-corrected chi connectivity index (χ1v) is 5.00. The Bertz CT molecular complexity index is 429. The Morgan fingerprint density at radius 1 is 1.29 bits per heavy atom. The van der Waals surface area contributed by atoms with Gasteiger partial charge in [-0.2, -0.15) is 0 Å². The molecule has 0 aliphatic heterocycles. The highest BCUT2D eigenvalue weighted by atomic mass is 14.9. The lowest BCUT2D eigenvalue weighted by molar-refractivity contribution is 0.791. The normalized spacial score (nSPS) is 11.0. The Balaban J connectivity index is 2.46. The van der Waals surface area contributed by atoms with Gasteiger partial charge in [0.2, 0.25) is 0 Å². The fourth-order valence-electron chi connectivity index (χ4n) is 1.90. The van der Waals surface area contributed by atoms with Gasteiger partial charge >= 0.3 is 0 Å². The van der Waals surface area contributed by atoms with Crippen LogP contribution in [0.3, 0.4) is 0 Å². The molecule has 14 heavy (non-hydrogen) atoms. The maximum Gasteiger partial charge on any atom is 0.0510 e. The number of rotatable bonds is 3. The maximum atomic E-state index is 3.18. The van der Waals surface area contributed by atoms with Crippen LogP contribution in [0.25, 0.3) is 10.9 Å². The van der Waals surface area contributed by atoms with E-state index in [9.17, 15) is 0 Å². The average molecular weight is 188 g/mol. The Morgan fingerprint density at radius 3 is 2.93 bits per heavy atom. The molecule has 0 unspecified atom stereocenters. The first-order chi connectivity index (χ1) is 6.83. The molecule has 0 spiro atoms. The zero-order chi connectivity index (χ0) is 9.97. The van der Waals surface area contributed by atoms with Gasteiger partial charge in [-0.1, -0.05) is 18.2 Å². The van der Waals surface area contributed by atoms with Crippen molar-refractivity contribution in [1.29, 1.82) is 0 Å². The van der Waals surface area contributed by atoms with Crippen molar-refractivity contribution in [1.82, 2.24) is 9.88 Å². The summed E-state index contributed by atoms with van der Waals surface area (Å²) in [5.41, 5.74) is 2.78. The monoisotopic (exact) mass is 188 g/mol. The molecule has 2 rings (SSSR count). The molecule has 1 N–H and O–H groups in total. The fourth-order valence-corrected chi connectivity index (χ4v) is 1.90. The van der Waals surface area contributed by atoms with Crippen molar-refractivity contribution in [2.75, 3.05) is 13.6 Å². The molecule has 0 fully saturated rings. The average Bonchev–Trinajstić information content (AvgIpc) is 2.58. The third-order valence-corrected chi connectivity index (χ3v) is 2.63. The largest absolute Gasteiger partial charge is 0.350 e. The summed E-state index contributed by atoms with van der Waals surface area (Å²) in [5.74, 6) is 0. The second-order valence-corrected chi connectivity index (χ2v) is 3.64. The van der Waals surface area contributed by atoms with Crippen LogP contribution in [0.15, 0.2) is 30.5 Å². The third kappa shape index (κ3) is 1.53. The van der Waals surface area contributed by atoms with E-state index >= 15 is 0 Å². The van der Waals surface area contributed by atoms with E-state index in [1.165, 1.54) is 16.5 Å². The van der Waals surface area contributed by atoms with E-state index in [0.29, 0.717) is 0 Å². The smallest absolute Gasteiger partial charge is 0.0510 e. The van der Waals surface area contributed by atoms with Crippen LogP contribution in [0.1, 0.15) is 5.56 Å². The van der Waals surface area contributed by atoms with E-state index in [2.05, 4.69) is 47.4 Å². The highest BCUT2D eigenvalue weighted by molar-refractivity contribution is 5.83. The van der Waals surface area contributed by atoms with Crippen LogP contribution in [0.5, 0.6) is 0 Å². The number of hydrogen-bond acceptors (Lipinski definition) is 1. The van der Waals surface area contributed by atoms with Gasteiger partial charge in [-0.05, 0) is 37.0 Å². The van der Waals surface area contributed by atoms with E-state index in [-0.39, 0.29) is 0 Å². The fraction of sp³-hybridized carbons (Fsp3) is 0.333. The minimum absolute atomic E-state index is 1.03. The summed E-state index contributed by atoms with van der Waals surface area (Å²) in [6.07, 6.45) is 3.21. The summed E-state index contributed by atoms with van der Waals surface area (Å²) in [7, 11) is 4.09. The quantitative estimate of drug-likeness (QED) is 0.779. The lowest BCUT2D eigenvalue weighted by Crippen LogP contribution is -2.10. The van der Waals surface area contributed by atoms with E-state index in [4.69, 9.17) is 0 Å². The van der Waals surface area contributed by atoms with Gasteiger partial charge in [0.05, 0.1) is 5.52 Å². The van der Waals surface area contributed by atoms with Gasteiger partial charge in [0.25, 0.3) is 0 Å². The van der Waals surface area contributed by atoms with Gasteiger partial charge < -0.3 is 9.88 Å². The number of nitrogens with zero attached hydrogens (tertiary/aromatic N) is 1. The van der Waals surface area contributed by atoms with Gasteiger partial charge in [0.15, 0.2) is 0 Å². The van der Waals surface area contributed by atoms with E-state index in [0.717, 1.165) is 13.0 Å². The van der Waals surface area contributed by atoms with Crippen molar-refractivity contribution in [2.45, 2.75) is 6.42 Å². The summed E-state index contributed by atoms with van der Waals surface area (Å²) >= 11 is 0. The molecule has 1 aromatic carbocycles. The van der Waals surface area contributed by atoms with Crippen molar-refractivity contribution >= 4 is 10.9 Å².